The smallest absolute Gasteiger partial charge is 0.209 e. The van der Waals surface area contributed by atoms with Crippen LogP contribution in [-0.2, 0) is 0 Å². The van der Waals surface area contributed by atoms with Crippen LogP contribution in [0.2, 0.25) is 10.0 Å². The molecular weight excluding hydrogens is 319 g/mol. The van der Waals surface area contributed by atoms with Gasteiger partial charge in [-0.1, -0.05) is 59.1 Å². The van der Waals surface area contributed by atoms with E-state index in [4.69, 9.17) is 23.2 Å². The van der Waals surface area contributed by atoms with Gasteiger partial charge in [-0.15, -0.1) is 0 Å². The maximum Gasteiger partial charge on any atom is 0.209 e. The van der Waals surface area contributed by atoms with E-state index in [0.717, 1.165) is 11.1 Å². The second kappa shape index (κ2) is 6.11. The third-order valence-corrected chi connectivity index (χ3v) is 4.38. The van der Waals surface area contributed by atoms with E-state index in [9.17, 15) is 4.79 Å². The van der Waals surface area contributed by atoms with Crippen LogP contribution in [0, 0.1) is 6.92 Å². The van der Waals surface area contributed by atoms with E-state index in [-0.39, 0.29) is 11.7 Å². The molecule has 22 heavy (non-hydrogen) atoms. The second-order valence-electron chi connectivity index (χ2n) is 5.24. The first-order valence-electron chi connectivity index (χ1n) is 6.93. The molecule has 1 heterocycles. The van der Waals surface area contributed by atoms with Crippen LogP contribution in [0.25, 0.3) is 0 Å². The van der Waals surface area contributed by atoms with E-state index in [1.165, 1.54) is 0 Å². The number of nitrogens with zero attached hydrogens (tertiary/aromatic N) is 1. The normalized spacial score (nSPS) is 17.0. The summed E-state index contributed by atoms with van der Waals surface area (Å²) < 4.78 is 0. The molecule has 0 saturated carbocycles. The largest absolute Gasteiger partial charge is 0.309 e. The van der Waals surface area contributed by atoms with Crippen LogP contribution >= 0.6 is 23.2 Å². The van der Waals surface area contributed by atoms with Gasteiger partial charge in [0.2, 0.25) is 5.78 Å². The lowest BCUT2D eigenvalue weighted by Crippen LogP contribution is -2.22. The van der Waals surface area contributed by atoms with Gasteiger partial charge in [0.1, 0.15) is 5.71 Å². The van der Waals surface area contributed by atoms with Gasteiger partial charge in [-0.2, -0.15) is 5.10 Å². The zero-order valence-corrected chi connectivity index (χ0v) is 13.4. The Bertz CT molecular complexity index is 734. The van der Waals surface area contributed by atoms with E-state index >= 15 is 0 Å². The monoisotopic (exact) mass is 332 g/mol. The summed E-state index contributed by atoms with van der Waals surface area (Å²) in [7, 11) is 0. The van der Waals surface area contributed by atoms with E-state index in [2.05, 4.69) is 10.5 Å². The fourth-order valence-corrected chi connectivity index (χ4v) is 3.20. The maximum atomic E-state index is 12.7. The number of rotatable bonds is 3. The number of hydrazone groups is 1. The van der Waals surface area contributed by atoms with Crippen LogP contribution in [-0.4, -0.2) is 18.0 Å². The number of hydrogen-bond acceptors (Lipinski definition) is 3. The SMILES string of the molecule is Cc1ccc(C(=O)C2=NNC[C@H]2c2c(Cl)cccc2Cl)cc1. The third-order valence-electron chi connectivity index (χ3n) is 3.72. The number of benzene rings is 2. The van der Waals surface area contributed by atoms with Crippen LogP contribution in [0.3, 0.4) is 0 Å². The molecule has 1 aliphatic rings. The van der Waals surface area contributed by atoms with Crippen molar-refractivity contribution >= 4 is 34.7 Å². The Kier molecular flexibility index (Phi) is 4.19. The van der Waals surface area contributed by atoms with Crippen LogP contribution in [0.5, 0.6) is 0 Å². The van der Waals surface area contributed by atoms with Gasteiger partial charge in [0, 0.05) is 27.7 Å². The number of Topliss-reactive ketones (excluding diaryl/α,β-unsaturated/α-hetero) is 1. The molecule has 3 rings (SSSR count). The molecule has 0 fully saturated rings. The number of ketones is 1. The Hall–Kier alpha value is -1.84. The molecule has 0 bridgehead atoms. The first kappa shape index (κ1) is 15.1. The summed E-state index contributed by atoms with van der Waals surface area (Å²) in [5.74, 6) is -0.346. The van der Waals surface area contributed by atoms with E-state index in [0.29, 0.717) is 27.9 Å². The van der Waals surface area contributed by atoms with Crippen molar-refractivity contribution in [3.8, 4) is 0 Å². The minimum absolute atomic E-state index is 0.106. The summed E-state index contributed by atoms with van der Waals surface area (Å²) in [4.78, 5) is 12.7. The van der Waals surface area contributed by atoms with Crippen molar-refractivity contribution < 1.29 is 4.79 Å². The number of carbonyl (C=O) groups excluding carboxylic acids is 1. The lowest BCUT2D eigenvalue weighted by atomic mass is 9.90. The molecule has 0 saturated heterocycles. The lowest BCUT2D eigenvalue weighted by molar-refractivity contribution is 0.106. The summed E-state index contributed by atoms with van der Waals surface area (Å²) in [6.45, 7) is 2.49. The Morgan fingerprint density at radius 1 is 1.14 bits per heavy atom. The number of aryl methyl sites for hydroxylation is 1. The molecule has 0 amide bonds. The fraction of sp³-hybridized carbons (Fsp3) is 0.176. The topological polar surface area (TPSA) is 41.5 Å². The van der Waals surface area contributed by atoms with Crippen LogP contribution in [0.15, 0.2) is 47.6 Å². The number of halogens is 2. The molecule has 0 unspecified atom stereocenters. The summed E-state index contributed by atoms with van der Waals surface area (Å²) in [5.41, 5.74) is 5.79. The minimum atomic E-state index is -0.241. The summed E-state index contributed by atoms with van der Waals surface area (Å²) in [5, 5.41) is 5.27. The zero-order valence-electron chi connectivity index (χ0n) is 11.9. The van der Waals surface area contributed by atoms with Gasteiger partial charge in [-0.05, 0) is 19.1 Å². The minimum Gasteiger partial charge on any atom is -0.309 e. The van der Waals surface area contributed by atoms with Crippen LogP contribution in [0.4, 0.5) is 0 Å². The molecule has 2 aromatic carbocycles. The van der Waals surface area contributed by atoms with E-state index in [1.54, 1.807) is 18.2 Å². The van der Waals surface area contributed by atoms with Crippen molar-refractivity contribution in [3.05, 3.63) is 69.2 Å². The van der Waals surface area contributed by atoms with Gasteiger partial charge >= 0.3 is 0 Å². The van der Waals surface area contributed by atoms with Crippen molar-refractivity contribution in [2.75, 3.05) is 6.54 Å². The van der Waals surface area contributed by atoms with Crippen molar-refractivity contribution in [2.24, 2.45) is 5.10 Å². The summed E-state index contributed by atoms with van der Waals surface area (Å²) >= 11 is 12.5. The number of hydrogen-bond donors (Lipinski definition) is 1. The molecule has 5 heteroatoms. The second-order valence-corrected chi connectivity index (χ2v) is 6.06. The number of carbonyl (C=O) groups is 1. The third kappa shape index (κ3) is 2.74. The van der Waals surface area contributed by atoms with Gasteiger partial charge < -0.3 is 5.43 Å². The molecule has 1 aliphatic heterocycles. The average molecular weight is 333 g/mol. The predicted octanol–water partition coefficient (Wildman–Crippen LogP) is 4.23. The molecule has 1 N–H and O–H groups in total. The standard InChI is InChI=1S/C17H14Cl2N2O/c1-10-5-7-11(8-6-10)17(22)16-12(9-20-21-16)15-13(18)3-2-4-14(15)19/h2-8,12,20H,9H2,1H3/t12-/m0/s1. The highest BCUT2D eigenvalue weighted by atomic mass is 35.5. The van der Waals surface area contributed by atoms with Gasteiger partial charge in [0.25, 0.3) is 0 Å². The van der Waals surface area contributed by atoms with Gasteiger partial charge in [0.05, 0.1) is 5.92 Å². The van der Waals surface area contributed by atoms with E-state index in [1.807, 2.05) is 31.2 Å². The van der Waals surface area contributed by atoms with Crippen molar-refractivity contribution in [1.29, 1.82) is 0 Å². The van der Waals surface area contributed by atoms with Gasteiger partial charge in [-0.25, -0.2) is 0 Å². The molecule has 0 spiro atoms. The molecule has 112 valence electrons. The Morgan fingerprint density at radius 3 is 2.41 bits per heavy atom. The van der Waals surface area contributed by atoms with Gasteiger partial charge in [0.15, 0.2) is 0 Å². The average Bonchev–Trinajstić information content (AvgIpc) is 2.96. The first-order chi connectivity index (χ1) is 10.6. The van der Waals surface area contributed by atoms with Crippen molar-refractivity contribution in [3.63, 3.8) is 0 Å². The highest BCUT2D eigenvalue weighted by Crippen LogP contribution is 2.34. The zero-order chi connectivity index (χ0) is 15.7. The van der Waals surface area contributed by atoms with Gasteiger partial charge in [-0.3, -0.25) is 4.79 Å². The lowest BCUT2D eigenvalue weighted by Gasteiger charge is -2.15. The molecule has 1 atom stereocenters. The van der Waals surface area contributed by atoms with E-state index < -0.39 is 0 Å². The highest BCUT2D eigenvalue weighted by Gasteiger charge is 2.32. The predicted molar refractivity (Wildman–Crippen MR) is 90.2 cm³/mol. The summed E-state index contributed by atoms with van der Waals surface area (Å²) in [6.07, 6.45) is 0. The highest BCUT2D eigenvalue weighted by molar-refractivity contribution is 6.49. The Balaban J connectivity index is 1.97. The molecule has 2 aromatic rings. The Morgan fingerprint density at radius 2 is 1.77 bits per heavy atom. The Labute approximate surface area is 138 Å². The quantitative estimate of drug-likeness (QED) is 0.854. The molecule has 0 radical (unpaired) electrons. The molecule has 0 aliphatic carbocycles. The van der Waals surface area contributed by atoms with Crippen molar-refractivity contribution in [2.45, 2.75) is 12.8 Å². The van der Waals surface area contributed by atoms with Crippen molar-refractivity contribution in [1.82, 2.24) is 5.43 Å². The molecule has 0 aromatic heterocycles. The first-order valence-corrected chi connectivity index (χ1v) is 7.69. The molecule has 3 nitrogen and oxygen atoms in total. The summed E-state index contributed by atoms with van der Waals surface area (Å²) in [6, 6.07) is 12.8. The number of nitrogens with one attached hydrogen (secondary N) is 1. The fourth-order valence-electron chi connectivity index (χ4n) is 2.54. The van der Waals surface area contributed by atoms with Crippen LogP contribution < -0.4 is 5.43 Å². The maximum absolute atomic E-state index is 12.7. The van der Waals surface area contributed by atoms with Crippen LogP contribution in [0.1, 0.15) is 27.4 Å². The molecular formula is C17H14Cl2N2O.